The lowest BCUT2D eigenvalue weighted by molar-refractivity contribution is 0.224. The molecule has 3 aromatic rings. The van der Waals surface area contributed by atoms with Crippen LogP contribution in [0.5, 0.6) is 11.8 Å². The van der Waals surface area contributed by atoms with Crippen LogP contribution in [0.25, 0.3) is 11.2 Å². The van der Waals surface area contributed by atoms with E-state index in [0.717, 1.165) is 17.0 Å². The smallest absolute Gasteiger partial charge is 0.320 e. The molecule has 0 saturated carbocycles. The Bertz CT molecular complexity index is 877. The van der Waals surface area contributed by atoms with Gasteiger partial charge in [0.15, 0.2) is 17.0 Å². The normalized spacial score (nSPS) is 11.1. The maximum Gasteiger partial charge on any atom is 0.320 e. The number of methoxy groups -OCH3 is 1. The van der Waals surface area contributed by atoms with Crippen LogP contribution in [-0.2, 0) is 6.54 Å². The van der Waals surface area contributed by atoms with E-state index in [4.69, 9.17) is 14.6 Å². The van der Waals surface area contributed by atoms with Crippen LogP contribution in [0.1, 0.15) is 31.9 Å². The van der Waals surface area contributed by atoms with Gasteiger partial charge in [0.05, 0.1) is 20.0 Å². The predicted octanol–water partition coefficient (Wildman–Crippen LogP) is 2.79. The van der Waals surface area contributed by atoms with Gasteiger partial charge in [0.1, 0.15) is 5.75 Å². The number of imidazole rings is 1. The lowest BCUT2D eigenvalue weighted by Crippen LogP contribution is -2.08. The minimum absolute atomic E-state index is 0.0642. The summed E-state index contributed by atoms with van der Waals surface area (Å²) >= 11 is 0. The number of aromatic nitrogens is 4. The van der Waals surface area contributed by atoms with Crippen molar-refractivity contribution in [1.82, 2.24) is 19.5 Å². The van der Waals surface area contributed by atoms with E-state index in [9.17, 15) is 0 Å². The van der Waals surface area contributed by atoms with Gasteiger partial charge in [-0.15, -0.1) is 0 Å². The number of fused-ring (bicyclic) bond motifs is 1. The number of benzene rings is 1. The van der Waals surface area contributed by atoms with E-state index in [1.165, 1.54) is 0 Å². The highest BCUT2D eigenvalue weighted by molar-refractivity contribution is 5.83. The van der Waals surface area contributed by atoms with Crippen LogP contribution >= 0.6 is 0 Å². The quantitative estimate of drug-likeness (QED) is 0.559. The fourth-order valence-electron chi connectivity index (χ4n) is 2.62. The van der Waals surface area contributed by atoms with E-state index in [2.05, 4.69) is 34.1 Å². The SMILES string of the molecule is COc1ccc(CNc2nc(OCCCO)nc3c2ncn3C(C)C)cc1. The number of rotatable bonds is 9. The molecule has 0 radical (unpaired) electrons. The Hall–Kier alpha value is -2.87. The van der Waals surface area contributed by atoms with Gasteiger partial charge in [-0.2, -0.15) is 9.97 Å². The van der Waals surface area contributed by atoms with Crippen LogP contribution in [0.4, 0.5) is 5.82 Å². The Morgan fingerprint density at radius 2 is 1.96 bits per heavy atom. The first-order valence-corrected chi connectivity index (χ1v) is 8.97. The lowest BCUT2D eigenvalue weighted by Gasteiger charge is -2.11. The maximum absolute atomic E-state index is 8.95. The molecule has 0 aliphatic heterocycles. The Morgan fingerprint density at radius 3 is 2.63 bits per heavy atom. The molecule has 27 heavy (non-hydrogen) atoms. The van der Waals surface area contributed by atoms with Crippen LogP contribution in [0, 0.1) is 0 Å². The van der Waals surface area contributed by atoms with Crippen molar-refractivity contribution in [2.24, 2.45) is 0 Å². The van der Waals surface area contributed by atoms with Crippen LogP contribution in [0.3, 0.4) is 0 Å². The number of anilines is 1. The standard InChI is InChI=1S/C19H25N5O3/c1-13(2)24-12-21-16-17(20-11-14-5-7-15(26-3)8-6-14)22-19(23-18(16)24)27-10-4-9-25/h5-8,12-13,25H,4,9-11H2,1-3H3,(H,20,22,23). The second-order valence-corrected chi connectivity index (χ2v) is 6.40. The first-order valence-electron chi connectivity index (χ1n) is 8.97. The summed E-state index contributed by atoms with van der Waals surface area (Å²) in [7, 11) is 1.65. The average Bonchev–Trinajstić information content (AvgIpc) is 3.11. The number of aliphatic hydroxyl groups is 1. The number of aliphatic hydroxyl groups excluding tert-OH is 1. The summed E-state index contributed by atoms with van der Waals surface area (Å²) < 4.78 is 12.8. The summed E-state index contributed by atoms with van der Waals surface area (Å²) in [5.41, 5.74) is 2.51. The Labute approximate surface area is 158 Å². The van der Waals surface area contributed by atoms with Crippen molar-refractivity contribution in [1.29, 1.82) is 0 Å². The molecule has 2 heterocycles. The highest BCUT2D eigenvalue weighted by atomic mass is 16.5. The molecule has 0 atom stereocenters. The van der Waals surface area contributed by atoms with Gasteiger partial charge >= 0.3 is 6.01 Å². The van der Waals surface area contributed by atoms with Gasteiger partial charge in [-0.3, -0.25) is 0 Å². The van der Waals surface area contributed by atoms with E-state index < -0.39 is 0 Å². The van der Waals surface area contributed by atoms with E-state index in [-0.39, 0.29) is 18.7 Å². The monoisotopic (exact) mass is 371 g/mol. The molecule has 8 nitrogen and oxygen atoms in total. The molecule has 3 rings (SSSR count). The van der Waals surface area contributed by atoms with Gasteiger partial charge in [0, 0.05) is 25.6 Å². The van der Waals surface area contributed by atoms with Crippen molar-refractivity contribution in [3.8, 4) is 11.8 Å². The van der Waals surface area contributed by atoms with E-state index in [1.54, 1.807) is 13.4 Å². The summed E-state index contributed by atoms with van der Waals surface area (Å²) in [6, 6.07) is 8.32. The molecule has 0 fully saturated rings. The fourth-order valence-corrected chi connectivity index (χ4v) is 2.62. The molecule has 0 unspecified atom stereocenters. The molecule has 1 aromatic carbocycles. The second-order valence-electron chi connectivity index (χ2n) is 6.40. The van der Waals surface area contributed by atoms with Gasteiger partial charge in [-0.25, -0.2) is 4.98 Å². The van der Waals surface area contributed by atoms with Gasteiger partial charge in [-0.05, 0) is 31.5 Å². The topological polar surface area (TPSA) is 94.3 Å². The Balaban J connectivity index is 1.86. The summed E-state index contributed by atoms with van der Waals surface area (Å²) in [6.45, 7) is 5.14. The van der Waals surface area contributed by atoms with Gasteiger partial charge in [0.2, 0.25) is 0 Å². The third-order valence-electron chi connectivity index (χ3n) is 4.11. The van der Waals surface area contributed by atoms with Crippen LogP contribution in [0.15, 0.2) is 30.6 Å². The van der Waals surface area contributed by atoms with Crippen LogP contribution in [-0.4, -0.2) is 44.9 Å². The largest absolute Gasteiger partial charge is 0.497 e. The summed E-state index contributed by atoms with van der Waals surface area (Å²) in [5.74, 6) is 1.44. The van der Waals surface area contributed by atoms with Crippen molar-refractivity contribution < 1.29 is 14.6 Å². The molecule has 0 spiro atoms. The minimum atomic E-state index is 0.0642. The summed E-state index contributed by atoms with van der Waals surface area (Å²) in [6.07, 6.45) is 2.29. The van der Waals surface area contributed by atoms with Crippen LogP contribution in [0.2, 0.25) is 0 Å². The maximum atomic E-state index is 8.95. The number of nitrogens with one attached hydrogen (secondary N) is 1. The number of nitrogens with zero attached hydrogens (tertiary/aromatic N) is 4. The van der Waals surface area contributed by atoms with Crippen molar-refractivity contribution in [2.75, 3.05) is 25.6 Å². The van der Waals surface area contributed by atoms with Crippen molar-refractivity contribution in [3.63, 3.8) is 0 Å². The van der Waals surface area contributed by atoms with Gasteiger partial charge < -0.3 is 24.5 Å². The Kier molecular flexibility index (Phi) is 6.08. The highest BCUT2D eigenvalue weighted by Gasteiger charge is 2.15. The Morgan fingerprint density at radius 1 is 1.19 bits per heavy atom. The predicted molar refractivity (Wildman–Crippen MR) is 103 cm³/mol. The molecule has 0 bridgehead atoms. The van der Waals surface area contributed by atoms with E-state index in [0.29, 0.717) is 30.9 Å². The molecule has 0 aliphatic carbocycles. The van der Waals surface area contributed by atoms with Gasteiger partial charge in [0.25, 0.3) is 0 Å². The molecule has 2 N–H and O–H groups in total. The zero-order valence-electron chi connectivity index (χ0n) is 15.8. The highest BCUT2D eigenvalue weighted by Crippen LogP contribution is 2.25. The molecule has 8 heteroatoms. The van der Waals surface area contributed by atoms with Crippen LogP contribution < -0.4 is 14.8 Å². The fraction of sp³-hybridized carbons (Fsp3) is 0.421. The molecule has 0 saturated heterocycles. The number of hydrogen-bond acceptors (Lipinski definition) is 7. The second kappa shape index (κ2) is 8.68. The van der Waals surface area contributed by atoms with Crippen molar-refractivity contribution in [2.45, 2.75) is 32.9 Å². The number of hydrogen-bond donors (Lipinski definition) is 2. The van der Waals surface area contributed by atoms with Crippen molar-refractivity contribution in [3.05, 3.63) is 36.2 Å². The summed E-state index contributed by atoms with van der Waals surface area (Å²) in [4.78, 5) is 13.4. The van der Waals surface area contributed by atoms with Gasteiger partial charge in [-0.1, -0.05) is 12.1 Å². The molecule has 0 amide bonds. The average molecular weight is 371 g/mol. The number of ether oxygens (including phenoxy) is 2. The first-order chi connectivity index (χ1) is 13.1. The zero-order valence-corrected chi connectivity index (χ0v) is 15.8. The molecular formula is C19H25N5O3. The third kappa shape index (κ3) is 4.46. The van der Waals surface area contributed by atoms with E-state index >= 15 is 0 Å². The third-order valence-corrected chi connectivity index (χ3v) is 4.11. The zero-order chi connectivity index (χ0) is 19.2. The summed E-state index contributed by atoms with van der Waals surface area (Å²) in [5, 5.41) is 12.3. The van der Waals surface area contributed by atoms with Crippen molar-refractivity contribution >= 4 is 17.0 Å². The molecule has 0 aliphatic rings. The molecule has 144 valence electrons. The molecule has 2 aromatic heterocycles. The lowest BCUT2D eigenvalue weighted by atomic mass is 10.2. The first kappa shape index (κ1) is 18.9. The minimum Gasteiger partial charge on any atom is -0.497 e. The molecular weight excluding hydrogens is 346 g/mol. The van der Waals surface area contributed by atoms with E-state index in [1.807, 2.05) is 28.8 Å².